The maximum Gasteiger partial charge on any atom is 0.405 e. The van der Waals surface area contributed by atoms with Crippen LogP contribution in [0.4, 0.5) is 18.0 Å². The van der Waals surface area contributed by atoms with E-state index in [4.69, 9.17) is 5.11 Å². The Morgan fingerprint density at radius 2 is 1.87 bits per heavy atom. The number of hydrogen-bond donors (Lipinski definition) is 3. The van der Waals surface area contributed by atoms with E-state index in [0.717, 1.165) is 0 Å². The summed E-state index contributed by atoms with van der Waals surface area (Å²) in [6.45, 7) is -1.45. The second-order valence-corrected chi connectivity index (χ2v) is 3.31. The van der Waals surface area contributed by atoms with Gasteiger partial charge in [-0.3, -0.25) is 4.79 Å². The third-order valence-electron chi connectivity index (χ3n) is 1.98. The van der Waals surface area contributed by atoms with E-state index in [1.807, 2.05) is 5.32 Å². The number of hydrogen-bond acceptors (Lipinski definition) is 2. The Morgan fingerprint density at radius 3 is 2.20 bits per heavy atom. The highest BCUT2D eigenvalue weighted by atomic mass is 19.4. The Kier molecular flexibility index (Phi) is 2.78. The van der Waals surface area contributed by atoms with E-state index in [1.165, 1.54) is 0 Å². The lowest BCUT2D eigenvalue weighted by molar-refractivity contribution is -0.140. The van der Waals surface area contributed by atoms with Gasteiger partial charge in [0.05, 0.1) is 0 Å². The zero-order chi connectivity index (χ0) is 11.7. The Balaban J connectivity index is 2.44. The van der Waals surface area contributed by atoms with Crippen molar-refractivity contribution in [1.29, 1.82) is 0 Å². The lowest BCUT2D eigenvalue weighted by Crippen LogP contribution is -2.50. The van der Waals surface area contributed by atoms with Crippen molar-refractivity contribution in [2.24, 2.45) is 0 Å². The topological polar surface area (TPSA) is 78.4 Å². The first-order valence-electron chi connectivity index (χ1n) is 4.11. The Morgan fingerprint density at radius 1 is 1.33 bits per heavy atom. The molecule has 1 aliphatic carbocycles. The van der Waals surface area contributed by atoms with Crippen LogP contribution in [0.3, 0.4) is 0 Å². The van der Waals surface area contributed by atoms with Gasteiger partial charge in [0.15, 0.2) is 0 Å². The summed E-state index contributed by atoms with van der Waals surface area (Å²) in [6, 6.07) is 0. The summed E-state index contributed by atoms with van der Waals surface area (Å²) in [5.41, 5.74) is -1.35. The molecule has 86 valence electrons. The summed E-state index contributed by atoms with van der Waals surface area (Å²) in [5, 5.41) is 11.9. The molecule has 0 bridgehead atoms. The highest BCUT2D eigenvalue weighted by molar-refractivity contribution is 5.92. The molecule has 0 aromatic heterocycles. The van der Waals surface area contributed by atoms with Gasteiger partial charge in [-0.15, -0.1) is 0 Å². The van der Waals surface area contributed by atoms with E-state index in [9.17, 15) is 22.8 Å². The molecule has 0 aromatic carbocycles. The molecule has 5 nitrogen and oxygen atoms in total. The van der Waals surface area contributed by atoms with Gasteiger partial charge < -0.3 is 15.7 Å². The molecule has 0 aliphatic heterocycles. The maximum atomic E-state index is 11.7. The molecule has 3 N–H and O–H groups in total. The summed E-state index contributed by atoms with van der Waals surface area (Å²) >= 11 is 0. The average Bonchev–Trinajstić information content (AvgIpc) is 2.79. The van der Waals surface area contributed by atoms with Gasteiger partial charge >= 0.3 is 12.3 Å². The minimum atomic E-state index is -4.49. The molecule has 1 saturated carbocycles. The predicted molar refractivity (Wildman–Crippen MR) is 42.2 cm³/mol. The van der Waals surface area contributed by atoms with E-state index in [0.29, 0.717) is 0 Å². The van der Waals surface area contributed by atoms with E-state index in [2.05, 4.69) is 0 Å². The lowest BCUT2D eigenvalue weighted by Gasteiger charge is -2.15. The largest absolute Gasteiger partial charge is 0.465 e. The third-order valence-corrected chi connectivity index (χ3v) is 1.98. The molecule has 1 fully saturated rings. The van der Waals surface area contributed by atoms with Crippen molar-refractivity contribution >= 4 is 12.0 Å². The number of rotatable bonds is 3. The van der Waals surface area contributed by atoms with Crippen LogP contribution >= 0.6 is 0 Å². The fraction of sp³-hybridized carbons (Fsp3) is 0.714. The van der Waals surface area contributed by atoms with Crippen molar-refractivity contribution in [2.45, 2.75) is 24.6 Å². The Labute approximate surface area is 82.6 Å². The van der Waals surface area contributed by atoms with Gasteiger partial charge in [0, 0.05) is 0 Å². The molecule has 0 saturated heterocycles. The van der Waals surface area contributed by atoms with E-state index < -0.39 is 30.3 Å². The summed E-state index contributed by atoms with van der Waals surface area (Å²) in [7, 11) is 0. The Hall–Kier alpha value is -1.47. The van der Waals surface area contributed by atoms with Crippen molar-refractivity contribution in [1.82, 2.24) is 10.6 Å². The minimum Gasteiger partial charge on any atom is -0.465 e. The van der Waals surface area contributed by atoms with Crippen LogP contribution in [-0.4, -0.2) is 35.4 Å². The molecule has 0 unspecified atom stereocenters. The first-order chi connectivity index (χ1) is 6.75. The van der Waals surface area contributed by atoms with Crippen LogP contribution in [0.5, 0.6) is 0 Å². The molecule has 2 amide bonds. The summed E-state index contributed by atoms with van der Waals surface area (Å²) in [6.07, 6.45) is -5.46. The van der Waals surface area contributed by atoms with Crippen molar-refractivity contribution < 1.29 is 27.9 Å². The van der Waals surface area contributed by atoms with Gasteiger partial charge in [-0.25, -0.2) is 4.79 Å². The highest BCUT2D eigenvalue weighted by Crippen LogP contribution is 2.35. The molecule has 0 radical (unpaired) electrons. The van der Waals surface area contributed by atoms with Crippen LogP contribution < -0.4 is 10.6 Å². The fourth-order valence-electron chi connectivity index (χ4n) is 1.09. The van der Waals surface area contributed by atoms with Crippen LogP contribution in [0.1, 0.15) is 12.8 Å². The quantitative estimate of drug-likeness (QED) is 0.654. The fourth-order valence-corrected chi connectivity index (χ4v) is 1.09. The number of carbonyl (C=O) groups is 2. The number of nitrogens with one attached hydrogen (secondary N) is 2. The zero-order valence-corrected chi connectivity index (χ0v) is 7.52. The number of amides is 2. The Bertz CT molecular complexity index is 286. The normalized spacial score (nSPS) is 18.1. The maximum absolute atomic E-state index is 11.7. The first-order valence-corrected chi connectivity index (χ1v) is 4.11. The minimum absolute atomic E-state index is 0.225. The second-order valence-electron chi connectivity index (χ2n) is 3.31. The SMILES string of the molecule is O=C(O)NC1(C(=O)NCC(F)(F)F)CC1. The van der Waals surface area contributed by atoms with Crippen LogP contribution in [0.25, 0.3) is 0 Å². The van der Waals surface area contributed by atoms with E-state index >= 15 is 0 Å². The molecular formula is C7H9F3N2O3. The molecule has 0 atom stereocenters. The summed E-state index contributed by atoms with van der Waals surface area (Å²) in [4.78, 5) is 21.4. The van der Waals surface area contributed by atoms with E-state index in [1.54, 1.807) is 5.32 Å². The molecule has 1 rings (SSSR count). The van der Waals surface area contributed by atoms with Gasteiger partial charge in [-0.1, -0.05) is 0 Å². The number of alkyl halides is 3. The van der Waals surface area contributed by atoms with Crippen molar-refractivity contribution in [3.63, 3.8) is 0 Å². The van der Waals surface area contributed by atoms with Crippen LogP contribution in [0.2, 0.25) is 0 Å². The van der Waals surface area contributed by atoms with Gasteiger partial charge in [0.1, 0.15) is 12.1 Å². The molecule has 1 aliphatic rings. The molecule has 8 heteroatoms. The lowest BCUT2D eigenvalue weighted by atomic mass is 10.2. The van der Waals surface area contributed by atoms with E-state index in [-0.39, 0.29) is 12.8 Å². The van der Waals surface area contributed by atoms with Crippen molar-refractivity contribution in [3.05, 3.63) is 0 Å². The summed E-state index contributed by atoms with van der Waals surface area (Å²) in [5.74, 6) is -0.928. The molecule has 0 spiro atoms. The van der Waals surface area contributed by atoms with Crippen LogP contribution in [-0.2, 0) is 4.79 Å². The van der Waals surface area contributed by atoms with Crippen molar-refractivity contribution in [3.8, 4) is 0 Å². The molecule has 0 heterocycles. The van der Waals surface area contributed by atoms with Crippen LogP contribution in [0, 0.1) is 0 Å². The molecule has 0 aromatic rings. The van der Waals surface area contributed by atoms with Gasteiger partial charge in [-0.05, 0) is 12.8 Å². The third kappa shape index (κ3) is 3.30. The van der Waals surface area contributed by atoms with Gasteiger partial charge in [0.2, 0.25) is 5.91 Å². The predicted octanol–water partition coefficient (Wildman–Crippen LogP) is 0.465. The summed E-state index contributed by atoms with van der Waals surface area (Å²) < 4.78 is 35.2. The second kappa shape index (κ2) is 3.59. The number of halogens is 3. The smallest absolute Gasteiger partial charge is 0.405 e. The molecular weight excluding hydrogens is 217 g/mol. The molecule has 15 heavy (non-hydrogen) atoms. The zero-order valence-electron chi connectivity index (χ0n) is 7.52. The first kappa shape index (κ1) is 11.6. The highest BCUT2D eigenvalue weighted by Gasteiger charge is 2.51. The van der Waals surface area contributed by atoms with Crippen LogP contribution in [0.15, 0.2) is 0 Å². The average molecular weight is 226 g/mol. The number of carbonyl (C=O) groups excluding carboxylic acids is 1. The van der Waals surface area contributed by atoms with Gasteiger partial charge in [-0.2, -0.15) is 13.2 Å². The monoisotopic (exact) mass is 226 g/mol. The van der Waals surface area contributed by atoms with Gasteiger partial charge in [0.25, 0.3) is 0 Å². The van der Waals surface area contributed by atoms with Crippen molar-refractivity contribution in [2.75, 3.05) is 6.54 Å². The number of carboxylic acid groups (broad SMARTS) is 1. The standard InChI is InChI=1S/C7H9F3N2O3/c8-7(9,10)3-11-4(13)6(1-2-6)12-5(14)15/h12H,1-3H2,(H,11,13)(H,14,15).